The lowest BCUT2D eigenvalue weighted by Gasteiger charge is -2.11. The molecule has 0 heterocycles. The second-order valence-corrected chi connectivity index (χ2v) is 6.55. The molecule has 0 aliphatic heterocycles. The van der Waals surface area contributed by atoms with Crippen LogP contribution >= 0.6 is 0 Å². The summed E-state index contributed by atoms with van der Waals surface area (Å²) < 4.78 is 60.6. The molecule has 1 aliphatic rings. The average Bonchev–Trinajstić information content (AvgIpc) is 3.10. The first-order valence-corrected chi connectivity index (χ1v) is 7.75. The van der Waals surface area contributed by atoms with Crippen LogP contribution in [0.25, 0.3) is 0 Å². The zero-order valence-electron chi connectivity index (χ0n) is 14.1. The van der Waals surface area contributed by atoms with E-state index in [1.165, 1.54) is 0 Å². The van der Waals surface area contributed by atoms with Gasteiger partial charge >= 0.3 is 5.97 Å². The maximum absolute atomic E-state index is 14.0. The highest BCUT2D eigenvalue weighted by Crippen LogP contribution is 2.59. The minimum absolute atomic E-state index is 0.0498. The van der Waals surface area contributed by atoms with Crippen molar-refractivity contribution in [3.63, 3.8) is 0 Å². The highest BCUT2D eigenvalue weighted by Gasteiger charge is 2.61. The van der Waals surface area contributed by atoms with E-state index in [4.69, 9.17) is 11.2 Å². The first-order chi connectivity index (χ1) is 11.7. The SMILES string of the molecule is C#CCc1c(F)c(F)c(COC(=O)C2C(/C=C/C)C2(C)C)c(F)c1F. The molecule has 1 aliphatic carbocycles. The third-order valence-corrected chi connectivity index (χ3v) is 4.65. The molecule has 6 heteroatoms. The monoisotopic (exact) mass is 354 g/mol. The van der Waals surface area contributed by atoms with E-state index in [0.29, 0.717) is 0 Å². The van der Waals surface area contributed by atoms with Crippen LogP contribution in [0.3, 0.4) is 0 Å². The zero-order valence-corrected chi connectivity index (χ0v) is 14.1. The van der Waals surface area contributed by atoms with Crippen molar-refractivity contribution in [2.45, 2.75) is 33.8 Å². The topological polar surface area (TPSA) is 26.3 Å². The Hall–Kier alpha value is -2.29. The number of hydrogen-bond acceptors (Lipinski definition) is 2. The van der Waals surface area contributed by atoms with Gasteiger partial charge in [0.15, 0.2) is 23.3 Å². The smallest absolute Gasteiger partial charge is 0.310 e. The predicted octanol–water partition coefficient (Wildman–Crippen LogP) is 4.31. The van der Waals surface area contributed by atoms with Crippen molar-refractivity contribution in [2.75, 3.05) is 0 Å². The summed E-state index contributed by atoms with van der Waals surface area (Å²) in [5.74, 6) is -5.59. The van der Waals surface area contributed by atoms with Gasteiger partial charge in [0, 0.05) is 12.0 Å². The Bertz CT molecular complexity index is 746. The summed E-state index contributed by atoms with van der Waals surface area (Å²) in [5.41, 5.74) is -2.16. The zero-order chi connectivity index (χ0) is 18.9. The van der Waals surface area contributed by atoms with Gasteiger partial charge in [0.2, 0.25) is 0 Å². The van der Waals surface area contributed by atoms with Gasteiger partial charge in [-0.15, -0.1) is 12.3 Å². The third-order valence-electron chi connectivity index (χ3n) is 4.65. The lowest BCUT2D eigenvalue weighted by atomic mass is 10.1. The maximum Gasteiger partial charge on any atom is 0.310 e. The molecule has 2 nitrogen and oxygen atoms in total. The molecule has 1 aromatic carbocycles. The number of benzene rings is 1. The predicted molar refractivity (Wildman–Crippen MR) is 84.2 cm³/mol. The van der Waals surface area contributed by atoms with E-state index in [9.17, 15) is 22.4 Å². The van der Waals surface area contributed by atoms with Crippen LogP contribution in [0.2, 0.25) is 0 Å². The first-order valence-electron chi connectivity index (χ1n) is 7.75. The molecule has 2 rings (SSSR count). The quantitative estimate of drug-likeness (QED) is 0.259. The number of halogens is 4. The summed E-state index contributed by atoms with van der Waals surface area (Å²) in [6.45, 7) is 4.64. The molecule has 1 saturated carbocycles. The van der Waals surface area contributed by atoms with Gasteiger partial charge in [0.05, 0.1) is 11.5 Å². The molecule has 0 bridgehead atoms. The van der Waals surface area contributed by atoms with Gasteiger partial charge in [-0.2, -0.15) is 0 Å². The number of carbonyl (C=O) groups is 1. The summed E-state index contributed by atoms with van der Waals surface area (Å²) in [5, 5.41) is 0. The van der Waals surface area contributed by atoms with E-state index in [0.717, 1.165) is 0 Å². The fourth-order valence-corrected chi connectivity index (χ4v) is 3.03. The number of carbonyl (C=O) groups excluding carboxylic acids is 1. The Morgan fingerprint density at radius 1 is 1.16 bits per heavy atom. The van der Waals surface area contributed by atoms with Crippen LogP contribution in [0.15, 0.2) is 12.2 Å². The van der Waals surface area contributed by atoms with E-state index in [1.807, 2.05) is 32.8 Å². The number of esters is 1. The molecule has 1 aromatic rings. The van der Waals surface area contributed by atoms with E-state index in [1.54, 1.807) is 6.08 Å². The van der Waals surface area contributed by atoms with Gasteiger partial charge in [0.1, 0.15) is 6.61 Å². The molecule has 1 fully saturated rings. The molecular formula is C19H18F4O2. The summed E-state index contributed by atoms with van der Waals surface area (Å²) in [4.78, 5) is 12.1. The highest BCUT2D eigenvalue weighted by atomic mass is 19.2. The summed E-state index contributed by atoms with van der Waals surface area (Å²) in [6.07, 6.45) is 7.99. The molecule has 0 radical (unpaired) electrons. The first kappa shape index (κ1) is 19.0. The van der Waals surface area contributed by atoms with E-state index >= 15 is 0 Å². The molecule has 2 atom stereocenters. The van der Waals surface area contributed by atoms with Crippen LogP contribution in [0.5, 0.6) is 0 Å². The highest BCUT2D eigenvalue weighted by molar-refractivity contribution is 5.78. The van der Waals surface area contributed by atoms with E-state index in [-0.39, 0.29) is 11.3 Å². The second-order valence-electron chi connectivity index (χ2n) is 6.55. The number of hydrogen-bond donors (Lipinski definition) is 0. The Labute approximate surface area is 143 Å². The van der Waals surface area contributed by atoms with Crippen molar-refractivity contribution < 1.29 is 27.1 Å². The second kappa shape index (κ2) is 6.91. The van der Waals surface area contributed by atoms with Gasteiger partial charge in [0.25, 0.3) is 0 Å². The van der Waals surface area contributed by atoms with Crippen molar-refractivity contribution >= 4 is 5.97 Å². The van der Waals surface area contributed by atoms with Gasteiger partial charge < -0.3 is 4.74 Å². The molecule has 25 heavy (non-hydrogen) atoms. The van der Waals surface area contributed by atoms with E-state index in [2.05, 4.69) is 0 Å². The van der Waals surface area contributed by atoms with Crippen LogP contribution < -0.4 is 0 Å². The van der Waals surface area contributed by atoms with Crippen molar-refractivity contribution in [2.24, 2.45) is 17.3 Å². The van der Waals surface area contributed by atoms with Crippen LogP contribution in [-0.4, -0.2) is 5.97 Å². The Morgan fingerprint density at radius 2 is 1.68 bits per heavy atom. The Morgan fingerprint density at radius 3 is 2.16 bits per heavy atom. The summed E-state index contributed by atoms with van der Waals surface area (Å²) in [7, 11) is 0. The molecule has 0 saturated heterocycles. The summed E-state index contributed by atoms with van der Waals surface area (Å²) in [6, 6.07) is 0. The summed E-state index contributed by atoms with van der Waals surface area (Å²) >= 11 is 0. The number of allylic oxidation sites excluding steroid dienone is 2. The van der Waals surface area contributed by atoms with Crippen LogP contribution in [-0.2, 0) is 22.6 Å². The number of ether oxygens (including phenoxy) is 1. The van der Waals surface area contributed by atoms with Crippen molar-refractivity contribution in [1.29, 1.82) is 0 Å². The maximum atomic E-state index is 14.0. The fraction of sp³-hybridized carbons (Fsp3) is 0.421. The van der Waals surface area contributed by atoms with Crippen LogP contribution in [0, 0.1) is 52.9 Å². The molecular weight excluding hydrogens is 336 g/mol. The van der Waals surface area contributed by atoms with Gasteiger partial charge in [-0.3, -0.25) is 4.79 Å². The average molecular weight is 354 g/mol. The number of terminal acetylenes is 1. The van der Waals surface area contributed by atoms with E-state index < -0.39 is 59.3 Å². The molecule has 2 unspecified atom stereocenters. The van der Waals surface area contributed by atoms with Crippen molar-refractivity contribution in [1.82, 2.24) is 0 Å². The molecule has 134 valence electrons. The van der Waals surface area contributed by atoms with Crippen LogP contribution in [0.4, 0.5) is 17.6 Å². The molecule has 0 N–H and O–H groups in total. The van der Waals surface area contributed by atoms with Gasteiger partial charge in [-0.1, -0.05) is 26.0 Å². The van der Waals surface area contributed by atoms with Crippen molar-refractivity contribution in [3.05, 3.63) is 46.5 Å². The van der Waals surface area contributed by atoms with Crippen molar-refractivity contribution in [3.8, 4) is 12.3 Å². The Balaban J connectivity index is 2.20. The third kappa shape index (κ3) is 3.28. The molecule has 0 aromatic heterocycles. The minimum atomic E-state index is -1.60. The van der Waals surface area contributed by atoms with Gasteiger partial charge in [-0.05, 0) is 18.3 Å². The Kier molecular flexibility index (Phi) is 5.26. The van der Waals surface area contributed by atoms with Gasteiger partial charge in [-0.25, -0.2) is 17.6 Å². The lowest BCUT2D eigenvalue weighted by molar-refractivity contribution is -0.147. The number of rotatable bonds is 5. The lowest BCUT2D eigenvalue weighted by Crippen LogP contribution is -2.14. The van der Waals surface area contributed by atoms with Crippen LogP contribution in [0.1, 0.15) is 31.9 Å². The largest absolute Gasteiger partial charge is 0.460 e. The standard InChI is InChI=1S/C19H18F4O2/c1-5-7-10-14(20)16(22)11(17(23)15(10)21)9-25-18(24)13-12(8-6-2)19(13,3)4/h1,6,8,12-13H,7,9H2,2-4H3/b8-6+. The molecule has 0 spiro atoms. The minimum Gasteiger partial charge on any atom is -0.460 e. The fourth-order valence-electron chi connectivity index (χ4n) is 3.03. The molecule has 0 amide bonds. The normalized spacial score (nSPS) is 21.2.